The monoisotopic (exact) mass is 484 g/mol. The average Bonchev–Trinajstić information content (AvgIpc) is 3.07. The number of ether oxygens (including phenoxy) is 2. The van der Waals surface area contributed by atoms with Gasteiger partial charge in [0.2, 0.25) is 5.91 Å². The van der Waals surface area contributed by atoms with Crippen molar-refractivity contribution in [3.63, 3.8) is 0 Å². The number of nitrogens with one attached hydrogen (secondary N) is 2. The van der Waals surface area contributed by atoms with Crippen molar-refractivity contribution in [1.29, 1.82) is 0 Å². The van der Waals surface area contributed by atoms with Gasteiger partial charge in [-0.25, -0.2) is 0 Å². The Labute approximate surface area is 199 Å². The number of halogens is 2. The minimum absolute atomic E-state index is 0.149. The second kappa shape index (κ2) is 9.94. The molecule has 7 nitrogen and oxygen atoms in total. The predicted molar refractivity (Wildman–Crippen MR) is 125 cm³/mol. The van der Waals surface area contributed by atoms with E-state index >= 15 is 0 Å². The Bertz CT molecular complexity index is 1230. The second-order valence-electron chi connectivity index (χ2n) is 7.19. The van der Waals surface area contributed by atoms with Gasteiger partial charge in [0, 0.05) is 17.1 Å². The number of anilines is 1. The molecule has 33 heavy (non-hydrogen) atoms. The van der Waals surface area contributed by atoms with E-state index < -0.39 is 11.8 Å². The fraction of sp³-hybridized carbons (Fsp3) is 0.125. The second-order valence-corrected chi connectivity index (χ2v) is 8.04. The van der Waals surface area contributed by atoms with Crippen molar-refractivity contribution >= 4 is 46.6 Å². The van der Waals surface area contributed by atoms with E-state index in [1.165, 1.54) is 6.07 Å². The van der Waals surface area contributed by atoms with Crippen LogP contribution in [0.2, 0.25) is 10.0 Å². The molecule has 0 saturated heterocycles. The highest BCUT2D eigenvalue weighted by molar-refractivity contribution is 6.35. The van der Waals surface area contributed by atoms with E-state index in [1.54, 1.807) is 54.6 Å². The lowest BCUT2D eigenvalue weighted by atomic mass is 10.1. The van der Waals surface area contributed by atoms with E-state index in [0.717, 1.165) is 0 Å². The molecule has 0 aliphatic carbocycles. The molecule has 168 valence electrons. The summed E-state index contributed by atoms with van der Waals surface area (Å²) >= 11 is 11.9. The summed E-state index contributed by atoms with van der Waals surface area (Å²) < 4.78 is 11.3. The van der Waals surface area contributed by atoms with E-state index in [4.69, 9.17) is 32.7 Å². The van der Waals surface area contributed by atoms with Crippen LogP contribution in [-0.2, 0) is 4.79 Å². The predicted octanol–water partition coefficient (Wildman–Crippen LogP) is 5.47. The fourth-order valence-corrected chi connectivity index (χ4v) is 3.65. The molecule has 0 radical (unpaired) electrons. The third-order valence-electron chi connectivity index (χ3n) is 4.78. The Morgan fingerprint density at radius 2 is 1.61 bits per heavy atom. The van der Waals surface area contributed by atoms with E-state index in [9.17, 15) is 14.4 Å². The summed E-state index contributed by atoms with van der Waals surface area (Å²) in [6.07, 6.45) is 0.791. The van der Waals surface area contributed by atoms with E-state index in [1.807, 2.05) is 0 Å². The van der Waals surface area contributed by atoms with Gasteiger partial charge in [0.15, 0.2) is 0 Å². The molecule has 0 fully saturated rings. The molecule has 1 aliphatic rings. The number of fused-ring (bicyclic) bond motifs is 1. The maximum absolute atomic E-state index is 12.2. The molecule has 3 aromatic rings. The molecule has 3 aromatic carbocycles. The summed E-state index contributed by atoms with van der Waals surface area (Å²) in [5, 5.41) is 6.00. The van der Waals surface area contributed by atoms with Crippen molar-refractivity contribution in [3.05, 3.63) is 81.8 Å². The first-order chi connectivity index (χ1) is 15.9. The molecular formula is C24H18Cl2N2O5. The third kappa shape index (κ3) is 5.63. The first-order valence-corrected chi connectivity index (χ1v) is 10.8. The van der Waals surface area contributed by atoms with Gasteiger partial charge in [-0.1, -0.05) is 23.2 Å². The standard InChI is InChI=1S/C24H18Cl2N2O5/c25-14-3-10-21(20(26)12-14)32-11-1-2-22(29)27-15-4-6-16(7-5-15)33-17-8-9-18-19(13-17)24(31)28-23(18)30/h3-10,12-13H,1-2,11H2,(H,27,29)(H,28,30,31). The number of hydrogen-bond acceptors (Lipinski definition) is 5. The van der Waals surface area contributed by atoms with Crippen LogP contribution in [0.5, 0.6) is 17.2 Å². The topological polar surface area (TPSA) is 93.7 Å². The molecule has 9 heteroatoms. The highest BCUT2D eigenvalue weighted by atomic mass is 35.5. The lowest BCUT2D eigenvalue weighted by Gasteiger charge is -2.10. The summed E-state index contributed by atoms with van der Waals surface area (Å²) in [7, 11) is 0. The first-order valence-electron chi connectivity index (χ1n) is 10.0. The molecule has 0 atom stereocenters. The summed E-state index contributed by atoms with van der Waals surface area (Å²) in [6, 6.07) is 16.5. The summed E-state index contributed by atoms with van der Waals surface area (Å²) in [6.45, 7) is 0.339. The van der Waals surface area contributed by atoms with Crippen LogP contribution in [0, 0.1) is 0 Å². The van der Waals surface area contributed by atoms with E-state index in [2.05, 4.69) is 10.6 Å². The van der Waals surface area contributed by atoms with Gasteiger partial charge in [0.25, 0.3) is 11.8 Å². The highest BCUT2D eigenvalue weighted by Gasteiger charge is 2.26. The number of carbonyl (C=O) groups is 3. The van der Waals surface area contributed by atoms with Gasteiger partial charge in [-0.3, -0.25) is 19.7 Å². The molecule has 0 aromatic heterocycles. The number of carbonyl (C=O) groups excluding carboxylic acids is 3. The molecule has 0 spiro atoms. The van der Waals surface area contributed by atoms with Crippen LogP contribution < -0.4 is 20.1 Å². The summed E-state index contributed by atoms with van der Waals surface area (Å²) in [5.74, 6) is 0.459. The van der Waals surface area contributed by atoms with Gasteiger partial charge >= 0.3 is 0 Å². The molecule has 4 rings (SSSR count). The van der Waals surface area contributed by atoms with Crippen LogP contribution in [-0.4, -0.2) is 24.3 Å². The highest BCUT2D eigenvalue weighted by Crippen LogP contribution is 2.28. The fourth-order valence-electron chi connectivity index (χ4n) is 3.18. The van der Waals surface area contributed by atoms with Gasteiger partial charge < -0.3 is 14.8 Å². The smallest absolute Gasteiger partial charge is 0.259 e. The minimum atomic E-state index is -0.444. The van der Waals surface area contributed by atoms with E-state index in [-0.39, 0.29) is 17.9 Å². The van der Waals surface area contributed by atoms with Crippen LogP contribution >= 0.6 is 23.2 Å². The Kier molecular flexibility index (Phi) is 6.82. The lowest BCUT2D eigenvalue weighted by Crippen LogP contribution is -2.19. The molecule has 1 aliphatic heterocycles. The summed E-state index contributed by atoms with van der Waals surface area (Å²) in [4.78, 5) is 35.6. The average molecular weight is 485 g/mol. The number of rotatable bonds is 8. The van der Waals surface area contributed by atoms with Crippen molar-refractivity contribution in [2.45, 2.75) is 12.8 Å². The SMILES string of the molecule is O=C(CCCOc1ccc(Cl)cc1Cl)Nc1ccc(Oc2ccc3c(c2)C(=O)NC3=O)cc1. The zero-order valence-corrected chi connectivity index (χ0v) is 18.7. The zero-order valence-electron chi connectivity index (χ0n) is 17.2. The van der Waals surface area contributed by atoms with Gasteiger partial charge in [-0.15, -0.1) is 0 Å². The van der Waals surface area contributed by atoms with Crippen LogP contribution in [0.4, 0.5) is 5.69 Å². The Balaban J connectivity index is 1.25. The quantitative estimate of drug-likeness (QED) is 0.326. The van der Waals surface area contributed by atoms with Crippen LogP contribution in [0.3, 0.4) is 0 Å². The summed E-state index contributed by atoms with van der Waals surface area (Å²) in [5.41, 5.74) is 1.23. The van der Waals surface area contributed by atoms with E-state index in [0.29, 0.717) is 51.6 Å². The molecular weight excluding hydrogens is 467 g/mol. The largest absolute Gasteiger partial charge is 0.492 e. The Morgan fingerprint density at radius 3 is 2.36 bits per heavy atom. The van der Waals surface area contributed by atoms with Gasteiger partial charge in [-0.2, -0.15) is 0 Å². The number of benzene rings is 3. The molecule has 0 saturated carbocycles. The van der Waals surface area contributed by atoms with Crippen LogP contribution in [0.1, 0.15) is 33.6 Å². The Morgan fingerprint density at radius 1 is 0.879 bits per heavy atom. The molecule has 0 bridgehead atoms. The third-order valence-corrected chi connectivity index (χ3v) is 5.31. The molecule has 2 N–H and O–H groups in total. The molecule has 1 heterocycles. The Hall–Kier alpha value is -3.55. The maximum Gasteiger partial charge on any atom is 0.259 e. The number of hydrogen-bond donors (Lipinski definition) is 2. The van der Waals surface area contributed by atoms with Crippen molar-refractivity contribution in [2.24, 2.45) is 0 Å². The van der Waals surface area contributed by atoms with Crippen LogP contribution in [0.15, 0.2) is 60.7 Å². The molecule has 0 unspecified atom stereocenters. The molecule has 3 amide bonds. The number of amides is 3. The van der Waals surface area contributed by atoms with Crippen molar-refractivity contribution in [1.82, 2.24) is 5.32 Å². The van der Waals surface area contributed by atoms with Gasteiger partial charge in [0.05, 0.1) is 22.8 Å². The van der Waals surface area contributed by atoms with Crippen molar-refractivity contribution in [2.75, 3.05) is 11.9 Å². The zero-order chi connectivity index (χ0) is 23.4. The first kappa shape index (κ1) is 22.6. The van der Waals surface area contributed by atoms with Gasteiger partial charge in [-0.05, 0) is 67.1 Å². The minimum Gasteiger partial charge on any atom is -0.492 e. The van der Waals surface area contributed by atoms with Crippen LogP contribution in [0.25, 0.3) is 0 Å². The van der Waals surface area contributed by atoms with Gasteiger partial charge in [0.1, 0.15) is 17.2 Å². The lowest BCUT2D eigenvalue weighted by molar-refractivity contribution is -0.116. The number of imide groups is 1. The van der Waals surface area contributed by atoms with Crippen molar-refractivity contribution in [3.8, 4) is 17.2 Å². The maximum atomic E-state index is 12.2. The van der Waals surface area contributed by atoms with Crippen molar-refractivity contribution < 1.29 is 23.9 Å². The normalized spacial score (nSPS) is 12.2.